The third kappa shape index (κ3) is 1.74. The summed E-state index contributed by atoms with van der Waals surface area (Å²) in [5.74, 6) is 0. The van der Waals surface area contributed by atoms with E-state index in [1.165, 1.54) is 26.9 Å². The summed E-state index contributed by atoms with van der Waals surface area (Å²) in [5, 5.41) is 6.16. The van der Waals surface area contributed by atoms with E-state index >= 15 is 0 Å². The molecule has 0 aliphatic heterocycles. The second kappa shape index (κ2) is 4.52. The first kappa shape index (κ1) is 11.9. The molecule has 0 saturated carbocycles. The second-order valence-corrected chi connectivity index (χ2v) is 4.53. The largest absolute Gasteiger partial charge is 0.255 e. The first-order valence-corrected chi connectivity index (χ1v) is 6.09. The molecule has 0 saturated heterocycles. The molecule has 0 unspecified atom stereocenters. The van der Waals surface area contributed by atoms with Gasteiger partial charge < -0.3 is 0 Å². The first-order valence-electron chi connectivity index (χ1n) is 6.09. The van der Waals surface area contributed by atoms with Crippen molar-refractivity contribution in [2.75, 3.05) is 0 Å². The molecule has 4 rings (SSSR count). The molecule has 2 heteroatoms. The van der Waals surface area contributed by atoms with Gasteiger partial charge in [-0.15, -0.1) is 12.4 Å². The summed E-state index contributed by atoms with van der Waals surface area (Å²) in [4.78, 5) is 4.64. The Labute approximate surface area is 117 Å². The molecule has 1 heterocycles. The van der Waals surface area contributed by atoms with Gasteiger partial charge in [0.1, 0.15) is 0 Å². The summed E-state index contributed by atoms with van der Waals surface area (Å²) >= 11 is 0. The topological polar surface area (TPSA) is 12.9 Å². The van der Waals surface area contributed by atoms with Crippen molar-refractivity contribution in [1.29, 1.82) is 0 Å². The lowest BCUT2D eigenvalue weighted by Gasteiger charge is -2.06. The fourth-order valence-corrected chi connectivity index (χ4v) is 2.60. The average Bonchev–Trinajstić information content (AvgIpc) is 2.46. The number of fused-ring (bicyclic) bond motifs is 5. The number of hydrogen-bond acceptors (Lipinski definition) is 1. The molecule has 3 aromatic carbocycles. The van der Waals surface area contributed by atoms with E-state index in [0.717, 1.165) is 5.52 Å². The fraction of sp³-hybridized carbons (Fsp3) is 0. The van der Waals surface area contributed by atoms with Gasteiger partial charge in [-0.1, -0.05) is 60.7 Å². The van der Waals surface area contributed by atoms with E-state index in [2.05, 4.69) is 65.6 Å². The molecule has 4 aromatic rings. The van der Waals surface area contributed by atoms with Gasteiger partial charge in [-0.2, -0.15) is 0 Å². The molecule has 0 amide bonds. The van der Waals surface area contributed by atoms with E-state index in [1.54, 1.807) is 0 Å². The quantitative estimate of drug-likeness (QED) is 0.409. The van der Waals surface area contributed by atoms with Gasteiger partial charge in [0.15, 0.2) is 0 Å². The highest BCUT2D eigenvalue weighted by molar-refractivity contribution is 6.14. The number of hydrogen-bond donors (Lipinski definition) is 0. The Balaban J connectivity index is 0.00000110. The third-order valence-electron chi connectivity index (χ3n) is 3.48. The van der Waals surface area contributed by atoms with Crippen LogP contribution in [0.25, 0.3) is 32.4 Å². The summed E-state index contributed by atoms with van der Waals surface area (Å²) < 4.78 is 0. The van der Waals surface area contributed by atoms with Crippen LogP contribution in [0.2, 0.25) is 0 Å². The van der Waals surface area contributed by atoms with Crippen LogP contribution in [-0.4, -0.2) is 4.98 Å². The molecule has 92 valence electrons. The zero-order valence-electron chi connectivity index (χ0n) is 10.2. The maximum atomic E-state index is 4.64. The van der Waals surface area contributed by atoms with Crippen molar-refractivity contribution in [2.45, 2.75) is 0 Å². The van der Waals surface area contributed by atoms with Crippen LogP contribution in [-0.2, 0) is 0 Å². The van der Waals surface area contributed by atoms with Gasteiger partial charge in [-0.3, -0.25) is 4.98 Å². The molecule has 0 spiro atoms. The van der Waals surface area contributed by atoms with Gasteiger partial charge in [0.25, 0.3) is 0 Å². The first-order chi connectivity index (χ1) is 8.93. The van der Waals surface area contributed by atoms with Crippen LogP contribution in [0.4, 0.5) is 0 Å². The van der Waals surface area contributed by atoms with Crippen molar-refractivity contribution in [3.8, 4) is 0 Å². The average molecular weight is 266 g/mol. The Bertz CT molecular complexity index is 808. The molecule has 0 N–H and O–H groups in total. The normalized spacial score (nSPS) is 10.7. The molecule has 0 atom stereocenters. The van der Waals surface area contributed by atoms with Crippen LogP contribution in [0, 0.1) is 0 Å². The monoisotopic (exact) mass is 265 g/mol. The van der Waals surface area contributed by atoms with Crippen LogP contribution in [0.3, 0.4) is 0 Å². The second-order valence-electron chi connectivity index (χ2n) is 4.53. The summed E-state index contributed by atoms with van der Waals surface area (Å²) in [7, 11) is 0. The maximum Gasteiger partial charge on any atom is 0.0786 e. The smallest absolute Gasteiger partial charge is 0.0786 e. The standard InChI is InChI=1S/C17H11N.ClH/c1-4-8-15-12(5-1)9-10-16-14-7-3-2-6-13(14)11-18-17(15)16;/h1-11H;1H. The zero-order chi connectivity index (χ0) is 11.9. The van der Waals surface area contributed by atoms with Crippen LogP contribution in [0.1, 0.15) is 0 Å². The van der Waals surface area contributed by atoms with Crippen LogP contribution < -0.4 is 0 Å². The van der Waals surface area contributed by atoms with Crippen LogP contribution in [0.15, 0.2) is 66.9 Å². The van der Waals surface area contributed by atoms with Gasteiger partial charge in [-0.25, -0.2) is 0 Å². The number of benzene rings is 3. The Morgan fingerprint density at radius 3 is 2.11 bits per heavy atom. The number of pyridine rings is 1. The molecule has 0 aliphatic carbocycles. The predicted octanol–water partition coefficient (Wildman–Crippen LogP) is 4.96. The van der Waals surface area contributed by atoms with Crippen molar-refractivity contribution < 1.29 is 0 Å². The maximum absolute atomic E-state index is 4.64. The van der Waals surface area contributed by atoms with Crippen molar-refractivity contribution >= 4 is 44.9 Å². The molecular formula is C17H12ClN. The minimum Gasteiger partial charge on any atom is -0.255 e. The van der Waals surface area contributed by atoms with E-state index < -0.39 is 0 Å². The summed E-state index contributed by atoms with van der Waals surface area (Å²) in [6, 6.07) is 21.1. The number of halogens is 1. The highest BCUT2D eigenvalue weighted by Crippen LogP contribution is 2.28. The minimum absolute atomic E-state index is 0. The Morgan fingerprint density at radius 2 is 1.26 bits per heavy atom. The molecule has 0 bridgehead atoms. The van der Waals surface area contributed by atoms with E-state index in [-0.39, 0.29) is 12.4 Å². The molecule has 19 heavy (non-hydrogen) atoms. The lowest BCUT2D eigenvalue weighted by molar-refractivity contribution is 1.46. The molecule has 1 aromatic heterocycles. The lowest BCUT2D eigenvalue weighted by Crippen LogP contribution is -1.83. The fourth-order valence-electron chi connectivity index (χ4n) is 2.60. The number of rotatable bonds is 0. The van der Waals surface area contributed by atoms with Crippen molar-refractivity contribution in [3.05, 3.63) is 66.9 Å². The van der Waals surface area contributed by atoms with E-state index in [0.29, 0.717) is 0 Å². The Hall–Kier alpha value is -2.12. The predicted molar refractivity (Wildman–Crippen MR) is 84.0 cm³/mol. The van der Waals surface area contributed by atoms with Crippen molar-refractivity contribution in [2.24, 2.45) is 0 Å². The lowest BCUT2D eigenvalue weighted by atomic mass is 10.0. The van der Waals surface area contributed by atoms with E-state index in [4.69, 9.17) is 0 Å². The van der Waals surface area contributed by atoms with Gasteiger partial charge in [-0.05, 0) is 10.8 Å². The Kier molecular flexibility index (Phi) is 2.84. The number of aromatic nitrogens is 1. The van der Waals surface area contributed by atoms with Crippen LogP contribution >= 0.6 is 12.4 Å². The summed E-state index contributed by atoms with van der Waals surface area (Å²) in [6.07, 6.45) is 1.96. The molecule has 0 aliphatic rings. The zero-order valence-corrected chi connectivity index (χ0v) is 11.0. The van der Waals surface area contributed by atoms with Gasteiger partial charge in [0, 0.05) is 22.4 Å². The van der Waals surface area contributed by atoms with E-state index in [9.17, 15) is 0 Å². The molecule has 0 fully saturated rings. The highest BCUT2D eigenvalue weighted by atomic mass is 35.5. The number of nitrogens with zero attached hydrogens (tertiary/aromatic N) is 1. The highest BCUT2D eigenvalue weighted by Gasteiger charge is 2.04. The minimum atomic E-state index is 0. The summed E-state index contributed by atoms with van der Waals surface area (Å²) in [6.45, 7) is 0. The molecule has 1 nitrogen and oxygen atoms in total. The molecule has 0 radical (unpaired) electrons. The molecular weight excluding hydrogens is 254 g/mol. The van der Waals surface area contributed by atoms with E-state index in [1.807, 2.05) is 6.20 Å². The van der Waals surface area contributed by atoms with Gasteiger partial charge >= 0.3 is 0 Å². The Morgan fingerprint density at radius 1 is 0.579 bits per heavy atom. The SMILES string of the molecule is Cl.c1ccc2c(c1)cnc1c3ccccc3ccc21. The van der Waals surface area contributed by atoms with Crippen LogP contribution in [0.5, 0.6) is 0 Å². The summed E-state index contributed by atoms with van der Waals surface area (Å²) in [5.41, 5.74) is 1.09. The van der Waals surface area contributed by atoms with Gasteiger partial charge in [0.05, 0.1) is 5.52 Å². The van der Waals surface area contributed by atoms with Crippen molar-refractivity contribution in [1.82, 2.24) is 4.98 Å². The van der Waals surface area contributed by atoms with Gasteiger partial charge in [0.2, 0.25) is 0 Å². The third-order valence-corrected chi connectivity index (χ3v) is 3.48. The van der Waals surface area contributed by atoms with Crippen molar-refractivity contribution in [3.63, 3.8) is 0 Å².